The molecular weight excluding hydrogens is 316 g/mol. The van der Waals surface area contributed by atoms with E-state index in [1.165, 1.54) is 5.56 Å². The molecule has 0 aliphatic heterocycles. The van der Waals surface area contributed by atoms with Crippen LogP contribution in [0.25, 0.3) is 0 Å². The first-order valence-electron chi connectivity index (χ1n) is 6.74. The molecule has 0 aromatic heterocycles. The molecule has 128 valence electrons. The van der Waals surface area contributed by atoms with Crippen LogP contribution in [0.4, 0.5) is 17.3 Å². The maximum absolute atomic E-state index is 9.75. The second kappa shape index (κ2) is 8.82. The van der Waals surface area contributed by atoms with Crippen LogP contribution in [0.2, 0.25) is 0 Å². The van der Waals surface area contributed by atoms with Crippen LogP contribution < -0.4 is 0 Å². The molecule has 22 heavy (non-hydrogen) atoms. The van der Waals surface area contributed by atoms with E-state index < -0.39 is 15.0 Å². The van der Waals surface area contributed by atoms with Crippen LogP contribution in [0.1, 0.15) is 5.56 Å². The maximum atomic E-state index is 9.75. The largest absolute Gasteiger partial charge is 0.673 e. The van der Waals surface area contributed by atoms with Gasteiger partial charge in [-0.15, -0.1) is 0 Å². The summed E-state index contributed by atoms with van der Waals surface area (Å²) in [6.45, 7) is 0. The molecule has 1 rings (SSSR count). The van der Waals surface area contributed by atoms with Crippen LogP contribution in [-0.4, -0.2) is 63.6 Å². The van der Waals surface area contributed by atoms with Crippen LogP contribution in [0.15, 0.2) is 30.3 Å². The number of nitrogens with zero attached hydrogens (tertiary/aromatic N) is 3. The zero-order valence-corrected chi connectivity index (χ0v) is 14.9. The fourth-order valence-electron chi connectivity index (χ4n) is 2.33. The summed E-state index contributed by atoms with van der Waals surface area (Å²) >= 11 is 0. The summed E-state index contributed by atoms with van der Waals surface area (Å²) in [6, 6.07) is 10.7. The van der Waals surface area contributed by atoms with Gasteiger partial charge in [0.15, 0.2) is 0 Å². The molecule has 1 aromatic rings. The van der Waals surface area contributed by atoms with Gasteiger partial charge in [0.1, 0.15) is 6.16 Å². The van der Waals surface area contributed by atoms with E-state index in [4.69, 9.17) is 0 Å². The van der Waals surface area contributed by atoms with Gasteiger partial charge in [0, 0.05) is 42.3 Å². The number of benzene rings is 1. The Morgan fingerprint density at radius 1 is 0.773 bits per heavy atom. The van der Waals surface area contributed by atoms with E-state index in [0.717, 1.165) is 6.16 Å². The average Bonchev–Trinajstić information content (AvgIpc) is 2.33. The molecule has 0 saturated heterocycles. The first-order valence-corrected chi connectivity index (χ1v) is 8.57. The molecule has 0 aliphatic carbocycles. The lowest BCUT2D eigenvalue weighted by Gasteiger charge is -2.40. The van der Waals surface area contributed by atoms with Gasteiger partial charge in [-0.3, -0.25) is 0 Å². The van der Waals surface area contributed by atoms with Crippen molar-refractivity contribution in [3.63, 3.8) is 0 Å². The van der Waals surface area contributed by atoms with Crippen molar-refractivity contribution >= 4 is 15.0 Å². The highest BCUT2D eigenvalue weighted by atomic mass is 31.2. The molecule has 0 atom stereocenters. The average molecular weight is 341 g/mol. The van der Waals surface area contributed by atoms with Gasteiger partial charge in [0.2, 0.25) is 7.71 Å². The fourth-order valence-corrected chi connectivity index (χ4v) is 6.02. The third kappa shape index (κ3) is 7.05. The number of hydrogen-bond donors (Lipinski definition) is 0. The van der Waals surface area contributed by atoms with Gasteiger partial charge in [-0.25, -0.2) is 0 Å². The van der Waals surface area contributed by atoms with Crippen LogP contribution in [0.3, 0.4) is 0 Å². The zero-order valence-electron chi connectivity index (χ0n) is 14.0. The summed E-state index contributed by atoms with van der Waals surface area (Å²) in [7, 11) is 5.63. The highest BCUT2D eigenvalue weighted by Gasteiger charge is 2.47. The van der Waals surface area contributed by atoms with Gasteiger partial charge in [0.25, 0.3) is 0 Å². The minimum absolute atomic E-state index is 1.08. The fraction of sp³-hybridized carbons (Fsp3) is 0.538. The summed E-state index contributed by atoms with van der Waals surface area (Å²) in [5.74, 6) is 0. The molecule has 9 heteroatoms. The van der Waals surface area contributed by atoms with Gasteiger partial charge in [0.05, 0.1) is 0 Å². The van der Waals surface area contributed by atoms with Crippen molar-refractivity contribution in [1.82, 2.24) is 14.0 Å². The highest BCUT2D eigenvalue weighted by Crippen LogP contribution is 2.65. The molecule has 3 nitrogen and oxygen atoms in total. The number of halogens is 4. The lowest BCUT2D eigenvalue weighted by atomic mass is 10.2. The predicted molar refractivity (Wildman–Crippen MR) is 88.3 cm³/mol. The molecule has 0 N–H and O–H groups in total. The molecule has 1 aromatic carbocycles. The van der Waals surface area contributed by atoms with E-state index in [1.807, 2.05) is 0 Å². The molecule has 0 aliphatic rings. The SMILES string of the molecule is CN(C)[P+](Cc1ccccc1)(N(C)C)N(C)C.F[B-](F)(F)F. The van der Waals surface area contributed by atoms with Gasteiger partial charge in [-0.1, -0.05) is 30.3 Å². The summed E-state index contributed by atoms with van der Waals surface area (Å²) in [6.07, 6.45) is 1.08. The third-order valence-corrected chi connectivity index (χ3v) is 7.79. The normalized spacial score (nSPS) is 12.6. The zero-order chi connectivity index (χ0) is 17.6. The Morgan fingerprint density at radius 2 is 1.09 bits per heavy atom. The van der Waals surface area contributed by atoms with Crippen molar-refractivity contribution < 1.29 is 17.3 Å². The van der Waals surface area contributed by atoms with Crippen molar-refractivity contribution in [2.75, 3.05) is 42.3 Å². The molecule has 0 saturated carbocycles. The van der Waals surface area contributed by atoms with Crippen molar-refractivity contribution in [3.05, 3.63) is 35.9 Å². The topological polar surface area (TPSA) is 9.72 Å². The van der Waals surface area contributed by atoms with Crippen LogP contribution >= 0.6 is 7.71 Å². The monoisotopic (exact) mass is 341 g/mol. The minimum atomic E-state index is -6.00. The predicted octanol–water partition coefficient (Wildman–Crippen LogP) is 3.93. The van der Waals surface area contributed by atoms with Crippen molar-refractivity contribution in [2.45, 2.75) is 6.16 Å². The lowest BCUT2D eigenvalue weighted by molar-refractivity contribution is 0.368. The van der Waals surface area contributed by atoms with Crippen molar-refractivity contribution in [2.24, 2.45) is 0 Å². The molecule has 0 bridgehead atoms. The molecule has 0 radical (unpaired) electrons. The van der Waals surface area contributed by atoms with Crippen LogP contribution in [0.5, 0.6) is 0 Å². The van der Waals surface area contributed by atoms with Crippen molar-refractivity contribution in [1.29, 1.82) is 0 Å². The van der Waals surface area contributed by atoms with E-state index >= 15 is 0 Å². The van der Waals surface area contributed by atoms with E-state index in [9.17, 15) is 17.3 Å². The molecule has 0 heterocycles. The standard InChI is InChI=1S/C13H25N3P.BF4/c1-14(2)17(15(3)4,16(5)6)12-13-10-8-7-9-11-13;2-1(3,4)5/h7-11H,12H2,1-6H3;/q+1;-1. The second-order valence-electron chi connectivity index (χ2n) is 5.37. The molecule has 0 unspecified atom stereocenters. The Bertz CT molecular complexity index is 399. The van der Waals surface area contributed by atoms with Crippen LogP contribution in [-0.2, 0) is 6.16 Å². The number of rotatable bonds is 5. The Kier molecular flexibility index (Phi) is 8.54. The van der Waals surface area contributed by atoms with Crippen LogP contribution in [0, 0.1) is 0 Å². The second-order valence-corrected chi connectivity index (χ2v) is 9.47. The smallest absolute Gasteiger partial charge is 0.418 e. The first kappa shape index (κ1) is 21.3. The Labute approximate surface area is 131 Å². The lowest BCUT2D eigenvalue weighted by Crippen LogP contribution is -2.37. The van der Waals surface area contributed by atoms with Gasteiger partial charge >= 0.3 is 7.25 Å². The Morgan fingerprint density at radius 3 is 1.36 bits per heavy atom. The summed E-state index contributed by atoms with van der Waals surface area (Å²) in [4.78, 5) is 0. The third-order valence-electron chi connectivity index (χ3n) is 3.16. The maximum Gasteiger partial charge on any atom is 0.673 e. The molecule has 0 amide bonds. The quantitative estimate of drug-likeness (QED) is 0.456. The summed E-state index contributed by atoms with van der Waals surface area (Å²) in [5, 5.41) is 0. The highest BCUT2D eigenvalue weighted by molar-refractivity contribution is 7.68. The number of hydrogen-bond acceptors (Lipinski definition) is 3. The van der Waals surface area contributed by atoms with Gasteiger partial charge in [-0.2, -0.15) is 14.0 Å². The Hall–Kier alpha value is -0.685. The summed E-state index contributed by atoms with van der Waals surface area (Å²) < 4.78 is 46.1. The van der Waals surface area contributed by atoms with Crippen molar-refractivity contribution in [3.8, 4) is 0 Å². The molecule has 0 spiro atoms. The minimum Gasteiger partial charge on any atom is -0.418 e. The van der Waals surface area contributed by atoms with E-state index in [-0.39, 0.29) is 0 Å². The van der Waals surface area contributed by atoms with Gasteiger partial charge < -0.3 is 17.3 Å². The molecular formula is C13H25BF4N3P. The Balaban J connectivity index is 0.000000763. The van der Waals surface area contributed by atoms with Gasteiger partial charge in [-0.05, 0) is 5.56 Å². The van der Waals surface area contributed by atoms with E-state index in [2.05, 4.69) is 86.6 Å². The van der Waals surface area contributed by atoms with E-state index in [1.54, 1.807) is 0 Å². The first-order chi connectivity index (χ1) is 9.91. The summed E-state index contributed by atoms with van der Waals surface area (Å²) in [5.41, 5.74) is 1.40. The van der Waals surface area contributed by atoms with E-state index in [0.29, 0.717) is 0 Å². The molecule has 0 fully saturated rings.